The first-order chi connectivity index (χ1) is 15.0. The van der Waals surface area contributed by atoms with Crippen molar-refractivity contribution in [2.24, 2.45) is 0 Å². The number of hydrogen-bond donors (Lipinski definition) is 2. The van der Waals surface area contributed by atoms with Crippen molar-refractivity contribution < 1.29 is 38.3 Å². The van der Waals surface area contributed by atoms with Gasteiger partial charge in [0, 0.05) is 0 Å². The van der Waals surface area contributed by atoms with Crippen LogP contribution in [-0.2, 0) is 0 Å². The summed E-state index contributed by atoms with van der Waals surface area (Å²) in [5, 5.41) is 9.77. The molecule has 13 heteroatoms. The van der Waals surface area contributed by atoms with E-state index >= 15 is 0 Å². The molecule has 0 amide bonds. The van der Waals surface area contributed by atoms with Crippen molar-refractivity contribution in [2.75, 3.05) is 28.4 Å². The molecule has 1 aromatic carbocycles. The van der Waals surface area contributed by atoms with Gasteiger partial charge in [-0.1, -0.05) is 6.07 Å². The average Bonchev–Trinajstić information content (AvgIpc) is 2.78. The molecule has 3 aromatic rings. The second-order valence-electron chi connectivity index (χ2n) is 5.61. The standard InChI is InChI=1S/C19H18N4O8.H3N/c1-26-12-8-13(27-2)21-18(20-12)30-10-6-5-7-11(16(10)17(24)25)31-19-22-14(28-3)9-15(23-19)29-4;/h5-9H,1-4H3,(H,24,25);1H3. The Morgan fingerprint density at radius 2 is 1.06 bits per heavy atom. The van der Waals surface area contributed by atoms with Crippen LogP contribution < -0.4 is 34.6 Å². The molecule has 0 saturated carbocycles. The van der Waals surface area contributed by atoms with Gasteiger partial charge in [0.1, 0.15) is 17.1 Å². The SMILES string of the molecule is COc1cc(OC)nc(Oc2cccc(Oc3nc(OC)cc(OC)n3)c2C(=O)O)n1.N. The smallest absolute Gasteiger partial charge is 0.343 e. The molecular weight excluding hydrogens is 426 g/mol. The van der Waals surface area contributed by atoms with E-state index in [0.29, 0.717) is 0 Å². The van der Waals surface area contributed by atoms with Gasteiger partial charge in [0.25, 0.3) is 0 Å². The summed E-state index contributed by atoms with van der Waals surface area (Å²) in [6.45, 7) is 0. The number of ether oxygens (including phenoxy) is 6. The summed E-state index contributed by atoms with van der Waals surface area (Å²) in [6.07, 6.45) is 0. The number of nitrogens with zero attached hydrogens (tertiary/aromatic N) is 4. The second-order valence-corrected chi connectivity index (χ2v) is 5.61. The molecule has 0 saturated heterocycles. The van der Waals surface area contributed by atoms with E-state index in [1.165, 1.54) is 58.8 Å². The van der Waals surface area contributed by atoms with Crippen molar-refractivity contribution in [3.05, 3.63) is 35.9 Å². The van der Waals surface area contributed by atoms with Crippen molar-refractivity contribution in [1.29, 1.82) is 0 Å². The molecule has 0 radical (unpaired) electrons. The van der Waals surface area contributed by atoms with E-state index in [2.05, 4.69) is 19.9 Å². The van der Waals surface area contributed by atoms with Gasteiger partial charge in [-0.25, -0.2) is 4.79 Å². The lowest BCUT2D eigenvalue weighted by atomic mass is 10.2. The number of carboxylic acids is 1. The van der Waals surface area contributed by atoms with Crippen LogP contribution in [0.3, 0.4) is 0 Å². The number of aromatic nitrogens is 4. The Hall–Kier alpha value is -4.39. The van der Waals surface area contributed by atoms with Crippen LogP contribution in [0.2, 0.25) is 0 Å². The molecular formula is C19H21N5O8. The van der Waals surface area contributed by atoms with Gasteiger partial charge in [-0.15, -0.1) is 0 Å². The van der Waals surface area contributed by atoms with Gasteiger partial charge >= 0.3 is 18.0 Å². The molecule has 32 heavy (non-hydrogen) atoms. The van der Waals surface area contributed by atoms with E-state index in [0.717, 1.165) is 0 Å². The van der Waals surface area contributed by atoms with Crippen molar-refractivity contribution in [1.82, 2.24) is 26.1 Å². The number of carboxylic acid groups (broad SMARTS) is 1. The Morgan fingerprint density at radius 3 is 1.34 bits per heavy atom. The van der Waals surface area contributed by atoms with E-state index in [1.807, 2.05) is 0 Å². The molecule has 2 heterocycles. The van der Waals surface area contributed by atoms with Crippen molar-refractivity contribution >= 4 is 5.97 Å². The number of hydrogen-bond acceptors (Lipinski definition) is 12. The summed E-state index contributed by atoms with van der Waals surface area (Å²) >= 11 is 0. The fourth-order valence-corrected chi connectivity index (χ4v) is 2.37. The predicted octanol–water partition coefficient (Wildman–Crippen LogP) is 2.75. The zero-order valence-corrected chi connectivity index (χ0v) is 17.7. The molecule has 2 aromatic heterocycles. The number of carbonyl (C=O) groups is 1. The molecule has 13 nitrogen and oxygen atoms in total. The number of methoxy groups -OCH3 is 4. The molecule has 0 aliphatic rings. The van der Waals surface area contributed by atoms with E-state index in [9.17, 15) is 9.90 Å². The lowest BCUT2D eigenvalue weighted by Crippen LogP contribution is -2.06. The quantitative estimate of drug-likeness (QED) is 0.489. The minimum atomic E-state index is -1.32. The summed E-state index contributed by atoms with van der Waals surface area (Å²) in [5.74, 6) is -0.822. The van der Waals surface area contributed by atoms with E-state index < -0.39 is 5.97 Å². The van der Waals surface area contributed by atoms with E-state index in [-0.39, 0.29) is 58.8 Å². The highest BCUT2D eigenvalue weighted by Gasteiger charge is 2.22. The zero-order valence-electron chi connectivity index (χ0n) is 17.7. The first-order valence-electron chi connectivity index (χ1n) is 8.63. The first kappa shape index (κ1) is 23.9. The van der Waals surface area contributed by atoms with E-state index in [4.69, 9.17) is 28.4 Å². The van der Waals surface area contributed by atoms with Gasteiger partial charge < -0.3 is 39.7 Å². The molecule has 0 aliphatic heterocycles. The topological polar surface area (TPSA) is 179 Å². The maximum absolute atomic E-state index is 12.0. The zero-order chi connectivity index (χ0) is 22.4. The normalized spacial score (nSPS) is 9.88. The third-order valence-corrected chi connectivity index (χ3v) is 3.76. The predicted molar refractivity (Wildman–Crippen MR) is 109 cm³/mol. The molecule has 0 spiro atoms. The number of aromatic carboxylic acids is 1. The third-order valence-electron chi connectivity index (χ3n) is 3.76. The van der Waals surface area contributed by atoms with Gasteiger partial charge in [0.15, 0.2) is 0 Å². The van der Waals surface area contributed by atoms with Gasteiger partial charge in [-0.05, 0) is 12.1 Å². The molecule has 170 valence electrons. The summed E-state index contributed by atoms with van der Waals surface area (Å²) in [4.78, 5) is 28.1. The second kappa shape index (κ2) is 10.6. The monoisotopic (exact) mass is 447 g/mol. The van der Waals surface area contributed by atoms with Crippen LogP contribution in [0.5, 0.6) is 47.0 Å². The Labute approximate surface area is 182 Å². The summed E-state index contributed by atoms with van der Waals surface area (Å²) in [5.41, 5.74) is -0.307. The van der Waals surface area contributed by atoms with Crippen molar-refractivity contribution in [2.45, 2.75) is 0 Å². The fourth-order valence-electron chi connectivity index (χ4n) is 2.37. The van der Waals surface area contributed by atoms with Crippen LogP contribution in [-0.4, -0.2) is 59.5 Å². The third kappa shape index (κ3) is 5.40. The highest BCUT2D eigenvalue weighted by Crippen LogP contribution is 2.34. The van der Waals surface area contributed by atoms with Gasteiger partial charge in [-0.2, -0.15) is 19.9 Å². The summed E-state index contributed by atoms with van der Waals surface area (Å²) in [7, 11) is 5.63. The molecule has 0 fully saturated rings. The van der Waals surface area contributed by atoms with Crippen molar-refractivity contribution in [3.8, 4) is 47.0 Å². The molecule has 0 aliphatic carbocycles. The minimum Gasteiger partial charge on any atom is -0.481 e. The molecule has 0 bridgehead atoms. The van der Waals surface area contributed by atoms with Gasteiger partial charge in [0.2, 0.25) is 23.5 Å². The molecule has 4 N–H and O–H groups in total. The summed E-state index contributed by atoms with van der Waals surface area (Å²) < 4.78 is 31.4. The van der Waals surface area contributed by atoms with Gasteiger partial charge in [0.05, 0.1) is 40.6 Å². The minimum absolute atomic E-state index is 0. The van der Waals surface area contributed by atoms with Crippen LogP contribution in [0.1, 0.15) is 10.4 Å². The van der Waals surface area contributed by atoms with Crippen molar-refractivity contribution in [3.63, 3.8) is 0 Å². The Bertz CT molecular complexity index is 975. The molecule has 0 atom stereocenters. The van der Waals surface area contributed by atoms with E-state index in [1.54, 1.807) is 0 Å². The van der Waals surface area contributed by atoms with Crippen LogP contribution in [0, 0.1) is 0 Å². The molecule has 3 rings (SSSR count). The van der Waals surface area contributed by atoms with Crippen LogP contribution in [0.15, 0.2) is 30.3 Å². The number of rotatable bonds is 9. The maximum Gasteiger partial charge on any atom is 0.343 e. The maximum atomic E-state index is 12.0. The van der Waals surface area contributed by atoms with Gasteiger partial charge in [-0.3, -0.25) is 0 Å². The fraction of sp³-hybridized carbons (Fsp3) is 0.211. The van der Waals surface area contributed by atoms with Crippen LogP contribution >= 0.6 is 0 Å². The number of benzene rings is 1. The van der Waals surface area contributed by atoms with Crippen LogP contribution in [0.4, 0.5) is 0 Å². The van der Waals surface area contributed by atoms with Crippen LogP contribution in [0.25, 0.3) is 0 Å². The lowest BCUT2D eigenvalue weighted by molar-refractivity contribution is 0.0691. The highest BCUT2D eigenvalue weighted by molar-refractivity contribution is 5.94. The Kier molecular flexibility index (Phi) is 7.90. The highest BCUT2D eigenvalue weighted by atomic mass is 16.5. The largest absolute Gasteiger partial charge is 0.481 e. The Morgan fingerprint density at radius 1 is 0.719 bits per heavy atom. The molecule has 0 unspecified atom stereocenters. The Balaban J connectivity index is 0.00000363. The first-order valence-corrected chi connectivity index (χ1v) is 8.63. The summed E-state index contributed by atoms with van der Waals surface area (Å²) in [6, 6.07) is 6.87. The lowest BCUT2D eigenvalue weighted by Gasteiger charge is -2.13. The average molecular weight is 447 g/mol.